The van der Waals surface area contributed by atoms with E-state index in [4.69, 9.17) is 0 Å². The Hall–Kier alpha value is -1.79. The van der Waals surface area contributed by atoms with Gasteiger partial charge in [-0.2, -0.15) is 0 Å². The molecule has 2 aromatic heterocycles. The van der Waals surface area contributed by atoms with Crippen molar-refractivity contribution in [2.45, 2.75) is 13.5 Å². The number of nitrogens with zero attached hydrogens (tertiary/aromatic N) is 1. The number of rotatable bonds is 3. The van der Waals surface area contributed by atoms with E-state index in [1.165, 1.54) is 28.7 Å². The lowest BCUT2D eigenvalue weighted by Gasteiger charge is -1.99. The van der Waals surface area contributed by atoms with Gasteiger partial charge in [-0.3, -0.25) is 4.79 Å². The van der Waals surface area contributed by atoms with Crippen LogP contribution in [0.5, 0.6) is 0 Å². The normalized spacial score (nSPS) is 10.9. The number of aromatic nitrogens is 1. The fraction of sp³-hybridized carbons (Fsp3) is 0.143. The van der Waals surface area contributed by atoms with E-state index in [0.29, 0.717) is 16.8 Å². The van der Waals surface area contributed by atoms with Gasteiger partial charge in [-0.05, 0) is 25.1 Å². The summed E-state index contributed by atoms with van der Waals surface area (Å²) in [4.78, 5) is 16.9. The molecule has 0 unspecified atom stereocenters. The van der Waals surface area contributed by atoms with E-state index >= 15 is 0 Å². The minimum Gasteiger partial charge on any atom is -0.345 e. The van der Waals surface area contributed by atoms with Crippen LogP contribution in [0.2, 0.25) is 0 Å². The molecule has 102 valence electrons. The van der Waals surface area contributed by atoms with Gasteiger partial charge in [-0.1, -0.05) is 6.07 Å². The molecule has 20 heavy (non-hydrogen) atoms. The highest BCUT2D eigenvalue weighted by molar-refractivity contribution is 7.20. The molecule has 6 heteroatoms. The van der Waals surface area contributed by atoms with Gasteiger partial charge in [0.25, 0.3) is 5.91 Å². The monoisotopic (exact) mass is 306 g/mol. The number of carbonyl (C=O) groups is 1. The number of halogens is 1. The Morgan fingerprint density at radius 1 is 1.45 bits per heavy atom. The summed E-state index contributed by atoms with van der Waals surface area (Å²) >= 11 is 2.80. The first-order valence-corrected chi connectivity index (χ1v) is 7.70. The van der Waals surface area contributed by atoms with Gasteiger partial charge >= 0.3 is 0 Å². The predicted octanol–water partition coefficient (Wildman–Crippen LogP) is 3.74. The highest BCUT2D eigenvalue weighted by atomic mass is 32.1. The van der Waals surface area contributed by atoms with Gasteiger partial charge < -0.3 is 5.32 Å². The Bertz CT molecular complexity index is 778. The number of amides is 1. The summed E-state index contributed by atoms with van der Waals surface area (Å²) in [5.41, 5.74) is 0.947. The quantitative estimate of drug-likeness (QED) is 0.801. The molecule has 3 nitrogen and oxygen atoms in total. The molecule has 0 saturated heterocycles. The molecule has 3 aromatic rings. The minimum atomic E-state index is -0.298. The number of carbonyl (C=O) groups excluding carboxylic acids is 1. The molecule has 1 N–H and O–H groups in total. The maximum atomic E-state index is 13.6. The zero-order valence-electron chi connectivity index (χ0n) is 10.6. The van der Waals surface area contributed by atoms with Crippen molar-refractivity contribution in [1.82, 2.24) is 10.3 Å². The molecular weight excluding hydrogens is 295 g/mol. The van der Waals surface area contributed by atoms with E-state index in [1.54, 1.807) is 12.1 Å². The number of thiophene rings is 1. The molecule has 0 atom stereocenters. The topological polar surface area (TPSA) is 42.0 Å². The van der Waals surface area contributed by atoms with Gasteiger partial charge in [0, 0.05) is 21.2 Å². The van der Waals surface area contributed by atoms with Gasteiger partial charge in [0.2, 0.25) is 0 Å². The second-order valence-electron chi connectivity index (χ2n) is 4.33. The fourth-order valence-electron chi connectivity index (χ4n) is 1.86. The Kier molecular flexibility index (Phi) is 3.50. The maximum absolute atomic E-state index is 13.6. The van der Waals surface area contributed by atoms with Crippen LogP contribution in [0.3, 0.4) is 0 Å². The van der Waals surface area contributed by atoms with Crippen molar-refractivity contribution in [2.75, 3.05) is 0 Å². The third-order valence-electron chi connectivity index (χ3n) is 2.80. The van der Waals surface area contributed by atoms with Crippen molar-refractivity contribution in [1.29, 1.82) is 0 Å². The number of aryl methyl sites for hydroxylation is 1. The summed E-state index contributed by atoms with van der Waals surface area (Å²) < 4.78 is 14.4. The van der Waals surface area contributed by atoms with Crippen molar-refractivity contribution in [3.05, 3.63) is 51.0 Å². The summed E-state index contributed by atoms with van der Waals surface area (Å²) in [5.74, 6) is -0.494. The van der Waals surface area contributed by atoms with Crippen LogP contribution in [0.15, 0.2) is 29.6 Å². The van der Waals surface area contributed by atoms with Crippen LogP contribution in [0.25, 0.3) is 10.1 Å². The lowest BCUT2D eigenvalue weighted by molar-refractivity contribution is 0.0955. The SMILES string of the molecule is Cc1csc(CNC(=O)c2cc3c(F)cccc3s2)n1. The summed E-state index contributed by atoms with van der Waals surface area (Å²) in [6.45, 7) is 2.31. The lowest BCUT2D eigenvalue weighted by Crippen LogP contribution is -2.21. The van der Waals surface area contributed by atoms with Crippen LogP contribution >= 0.6 is 22.7 Å². The highest BCUT2D eigenvalue weighted by Crippen LogP contribution is 2.27. The number of fused-ring (bicyclic) bond motifs is 1. The van der Waals surface area contributed by atoms with Crippen LogP contribution < -0.4 is 5.32 Å². The largest absolute Gasteiger partial charge is 0.345 e. The molecule has 0 spiro atoms. The van der Waals surface area contributed by atoms with Crippen LogP contribution in [-0.2, 0) is 6.54 Å². The zero-order chi connectivity index (χ0) is 14.1. The van der Waals surface area contributed by atoms with Gasteiger partial charge in [0.1, 0.15) is 10.8 Å². The number of nitrogens with one attached hydrogen (secondary N) is 1. The molecule has 0 fully saturated rings. The molecule has 2 heterocycles. The second kappa shape index (κ2) is 5.30. The zero-order valence-corrected chi connectivity index (χ0v) is 12.3. The first kappa shape index (κ1) is 13.2. The average molecular weight is 306 g/mol. The molecule has 0 aliphatic rings. The van der Waals surface area contributed by atoms with E-state index in [1.807, 2.05) is 18.4 Å². The third kappa shape index (κ3) is 2.57. The molecule has 0 saturated carbocycles. The Balaban J connectivity index is 1.77. The first-order valence-electron chi connectivity index (χ1n) is 6.01. The van der Waals surface area contributed by atoms with Gasteiger partial charge in [0.15, 0.2) is 0 Å². The van der Waals surface area contributed by atoms with Crippen molar-refractivity contribution >= 4 is 38.7 Å². The summed E-state index contributed by atoms with van der Waals surface area (Å²) in [6.07, 6.45) is 0. The van der Waals surface area contributed by atoms with Gasteiger partial charge in [-0.25, -0.2) is 9.37 Å². The molecule has 0 aliphatic carbocycles. The molecule has 0 bridgehead atoms. The van der Waals surface area contributed by atoms with Crippen molar-refractivity contribution in [2.24, 2.45) is 0 Å². The number of benzene rings is 1. The van der Waals surface area contributed by atoms with Crippen LogP contribution in [0.1, 0.15) is 20.4 Å². The second-order valence-corrected chi connectivity index (χ2v) is 6.35. The number of hydrogen-bond acceptors (Lipinski definition) is 4. The average Bonchev–Trinajstić information content (AvgIpc) is 3.03. The standard InChI is InChI=1S/C14H11FN2OS2/c1-8-7-19-13(17-8)6-16-14(18)12-5-9-10(15)3-2-4-11(9)20-12/h2-5,7H,6H2,1H3,(H,16,18). The number of hydrogen-bond donors (Lipinski definition) is 1. The Morgan fingerprint density at radius 3 is 3.00 bits per heavy atom. The van der Waals surface area contributed by atoms with Crippen LogP contribution in [0, 0.1) is 12.7 Å². The third-order valence-corrected chi connectivity index (χ3v) is 4.86. The van der Waals surface area contributed by atoms with Crippen molar-refractivity contribution in [3.63, 3.8) is 0 Å². The summed E-state index contributed by atoms with van der Waals surface area (Å²) in [5, 5.41) is 6.10. The van der Waals surface area contributed by atoms with E-state index in [0.717, 1.165) is 15.4 Å². The smallest absolute Gasteiger partial charge is 0.261 e. The Labute approximate surface area is 123 Å². The van der Waals surface area contributed by atoms with Crippen molar-refractivity contribution in [3.8, 4) is 0 Å². The van der Waals surface area contributed by atoms with Gasteiger partial charge in [-0.15, -0.1) is 22.7 Å². The van der Waals surface area contributed by atoms with Crippen LogP contribution in [0.4, 0.5) is 4.39 Å². The summed E-state index contributed by atoms with van der Waals surface area (Å²) in [6, 6.07) is 6.45. The highest BCUT2D eigenvalue weighted by Gasteiger charge is 2.12. The van der Waals surface area contributed by atoms with E-state index in [9.17, 15) is 9.18 Å². The lowest BCUT2D eigenvalue weighted by atomic mass is 10.2. The molecule has 3 rings (SSSR count). The predicted molar refractivity (Wildman–Crippen MR) is 79.8 cm³/mol. The molecule has 0 aliphatic heterocycles. The summed E-state index contributed by atoms with van der Waals surface area (Å²) in [7, 11) is 0. The number of thiazole rings is 1. The van der Waals surface area contributed by atoms with E-state index in [-0.39, 0.29) is 11.7 Å². The Morgan fingerprint density at radius 2 is 2.30 bits per heavy atom. The maximum Gasteiger partial charge on any atom is 0.261 e. The molecule has 1 aromatic carbocycles. The molecular formula is C14H11FN2OS2. The molecule has 0 radical (unpaired) electrons. The van der Waals surface area contributed by atoms with E-state index < -0.39 is 0 Å². The van der Waals surface area contributed by atoms with Gasteiger partial charge in [0.05, 0.1) is 11.4 Å². The minimum absolute atomic E-state index is 0.196. The van der Waals surface area contributed by atoms with Crippen molar-refractivity contribution < 1.29 is 9.18 Å². The molecule has 1 amide bonds. The van der Waals surface area contributed by atoms with Crippen LogP contribution in [-0.4, -0.2) is 10.9 Å². The first-order chi connectivity index (χ1) is 9.63. The van der Waals surface area contributed by atoms with E-state index in [2.05, 4.69) is 10.3 Å². The fourth-order valence-corrected chi connectivity index (χ4v) is 3.57.